The van der Waals surface area contributed by atoms with Crippen LogP contribution in [0.15, 0.2) is 43.0 Å². The highest BCUT2D eigenvalue weighted by molar-refractivity contribution is 5.89. The summed E-state index contributed by atoms with van der Waals surface area (Å²) in [6.07, 6.45) is -1.15. The van der Waals surface area contributed by atoms with Crippen LogP contribution in [0.3, 0.4) is 0 Å². The number of amides is 1. The van der Waals surface area contributed by atoms with Crippen LogP contribution in [-0.4, -0.2) is 54.1 Å². The average molecular weight is 393 g/mol. The molecule has 154 valence electrons. The summed E-state index contributed by atoms with van der Waals surface area (Å²) >= 11 is 0. The van der Waals surface area contributed by atoms with Crippen molar-refractivity contribution in [2.24, 2.45) is 0 Å². The first-order chi connectivity index (χ1) is 13.1. The first-order valence-electron chi connectivity index (χ1n) is 8.78. The van der Waals surface area contributed by atoms with Crippen molar-refractivity contribution < 1.29 is 33.7 Å². The Balaban J connectivity index is 2.72. The van der Waals surface area contributed by atoms with E-state index in [-0.39, 0.29) is 13.0 Å². The smallest absolute Gasteiger partial charge is 0.407 e. The molecule has 0 heterocycles. The zero-order valence-corrected chi connectivity index (χ0v) is 16.3. The van der Waals surface area contributed by atoms with E-state index in [0.717, 1.165) is 0 Å². The molecule has 0 saturated heterocycles. The number of carbonyl (C=O) groups is 3. The zero-order valence-electron chi connectivity index (χ0n) is 16.3. The van der Waals surface area contributed by atoms with Gasteiger partial charge in [-0.15, -0.1) is 0 Å². The number of carbonyl (C=O) groups excluding carboxylic acids is 3. The molecule has 0 saturated carbocycles. The van der Waals surface area contributed by atoms with Crippen LogP contribution in [-0.2, 0) is 19.0 Å². The number of benzene rings is 1. The normalized spacial score (nSPS) is 13.0. The van der Waals surface area contributed by atoms with Gasteiger partial charge in [0, 0.05) is 0 Å². The molecule has 2 atom stereocenters. The van der Waals surface area contributed by atoms with E-state index < -0.39 is 42.4 Å². The van der Waals surface area contributed by atoms with Crippen molar-refractivity contribution in [1.82, 2.24) is 5.32 Å². The molecular formula is C20H27NO7. The molecule has 0 radical (unpaired) electrons. The molecule has 0 fully saturated rings. The van der Waals surface area contributed by atoms with Gasteiger partial charge >= 0.3 is 18.0 Å². The highest BCUT2D eigenvalue weighted by Crippen LogP contribution is 2.12. The minimum atomic E-state index is -1.35. The summed E-state index contributed by atoms with van der Waals surface area (Å²) in [5, 5.41) is 12.7. The van der Waals surface area contributed by atoms with Crippen molar-refractivity contribution in [2.45, 2.75) is 44.9 Å². The topological polar surface area (TPSA) is 111 Å². The summed E-state index contributed by atoms with van der Waals surface area (Å²) in [6.45, 7) is 8.06. The third kappa shape index (κ3) is 9.18. The van der Waals surface area contributed by atoms with E-state index in [9.17, 15) is 19.5 Å². The predicted octanol–water partition coefficient (Wildman–Crippen LogP) is 2.22. The van der Waals surface area contributed by atoms with Crippen LogP contribution in [0.2, 0.25) is 0 Å². The molecule has 0 spiro atoms. The van der Waals surface area contributed by atoms with Crippen LogP contribution < -0.4 is 5.32 Å². The highest BCUT2D eigenvalue weighted by Gasteiger charge is 2.28. The molecule has 0 aliphatic carbocycles. The summed E-state index contributed by atoms with van der Waals surface area (Å²) in [5.74, 6) is -1.26. The molecular weight excluding hydrogens is 366 g/mol. The van der Waals surface area contributed by atoms with E-state index in [2.05, 4.69) is 11.9 Å². The number of hydrogen-bond acceptors (Lipinski definition) is 7. The lowest BCUT2D eigenvalue weighted by molar-refractivity contribution is -0.156. The number of aliphatic hydroxyl groups excluding tert-OH is 1. The summed E-state index contributed by atoms with van der Waals surface area (Å²) in [7, 11) is 0. The van der Waals surface area contributed by atoms with Crippen LogP contribution in [0, 0.1) is 0 Å². The van der Waals surface area contributed by atoms with E-state index in [4.69, 9.17) is 14.2 Å². The van der Waals surface area contributed by atoms with Gasteiger partial charge in [0.25, 0.3) is 0 Å². The van der Waals surface area contributed by atoms with Crippen LogP contribution in [0.25, 0.3) is 0 Å². The average Bonchev–Trinajstić information content (AvgIpc) is 2.62. The van der Waals surface area contributed by atoms with Gasteiger partial charge in [0.2, 0.25) is 0 Å². The Bertz CT molecular complexity index is 667. The third-order valence-corrected chi connectivity index (χ3v) is 3.30. The molecule has 1 amide bonds. The minimum absolute atomic E-state index is 0.0376. The quantitative estimate of drug-likeness (QED) is 0.376. The van der Waals surface area contributed by atoms with Crippen LogP contribution in [0.4, 0.5) is 4.79 Å². The van der Waals surface area contributed by atoms with Gasteiger partial charge in [-0.05, 0) is 32.9 Å². The van der Waals surface area contributed by atoms with Crippen molar-refractivity contribution in [3.05, 3.63) is 48.6 Å². The van der Waals surface area contributed by atoms with Crippen LogP contribution >= 0.6 is 0 Å². The number of hydrogen-bond donors (Lipinski definition) is 2. The van der Waals surface area contributed by atoms with Crippen molar-refractivity contribution in [3.8, 4) is 0 Å². The second-order valence-electron chi connectivity index (χ2n) is 6.96. The van der Waals surface area contributed by atoms with Gasteiger partial charge in [-0.1, -0.05) is 30.9 Å². The molecule has 0 bridgehead atoms. The van der Waals surface area contributed by atoms with E-state index in [1.54, 1.807) is 51.1 Å². The summed E-state index contributed by atoms with van der Waals surface area (Å²) in [6, 6.07) is 7.16. The van der Waals surface area contributed by atoms with Gasteiger partial charge < -0.3 is 24.6 Å². The monoisotopic (exact) mass is 393 g/mol. The fourth-order valence-electron chi connectivity index (χ4n) is 2.11. The Morgan fingerprint density at radius 1 is 1.18 bits per heavy atom. The van der Waals surface area contributed by atoms with Crippen molar-refractivity contribution in [2.75, 3.05) is 13.2 Å². The third-order valence-electron chi connectivity index (χ3n) is 3.30. The maximum Gasteiger partial charge on any atom is 0.407 e. The Kier molecular flexibility index (Phi) is 9.17. The fraction of sp³-hybridized carbons (Fsp3) is 0.450. The molecule has 8 nitrogen and oxygen atoms in total. The number of nitrogens with one attached hydrogen (secondary N) is 1. The molecule has 0 aromatic heterocycles. The lowest BCUT2D eigenvalue weighted by atomic mass is 10.1. The Hall–Kier alpha value is -2.87. The molecule has 1 rings (SSSR count). The van der Waals surface area contributed by atoms with Crippen molar-refractivity contribution >= 4 is 18.0 Å². The maximum atomic E-state index is 12.1. The van der Waals surface area contributed by atoms with Crippen LogP contribution in [0.5, 0.6) is 0 Å². The molecule has 0 aliphatic rings. The van der Waals surface area contributed by atoms with E-state index >= 15 is 0 Å². The first kappa shape index (κ1) is 23.2. The second kappa shape index (κ2) is 11.1. The zero-order chi connectivity index (χ0) is 21.2. The van der Waals surface area contributed by atoms with Gasteiger partial charge in [0.1, 0.15) is 24.9 Å². The Labute approximate surface area is 164 Å². The minimum Gasteiger partial charge on any atom is -0.460 e. The number of aliphatic hydroxyl groups is 1. The number of alkyl carbamates (subject to hydrolysis) is 1. The lowest BCUT2D eigenvalue weighted by Gasteiger charge is -2.25. The highest BCUT2D eigenvalue weighted by atomic mass is 16.6. The van der Waals surface area contributed by atoms with E-state index in [1.807, 2.05) is 0 Å². The predicted molar refractivity (Wildman–Crippen MR) is 102 cm³/mol. The summed E-state index contributed by atoms with van der Waals surface area (Å²) in [5.41, 5.74) is -0.410. The molecule has 2 unspecified atom stereocenters. The molecule has 1 aromatic rings. The Morgan fingerprint density at radius 3 is 2.39 bits per heavy atom. The van der Waals surface area contributed by atoms with Crippen molar-refractivity contribution in [1.29, 1.82) is 0 Å². The van der Waals surface area contributed by atoms with E-state index in [0.29, 0.717) is 5.56 Å². The largest absolute Gasteiger partial charge is 0.460 e. The van der Waals surface area contributed by atoms with Gasteiger partial charge in [-0.2, -0.15) is 0 Å². The standard InChI is InChI=1S/C20H27NO7/c1-5-11-26-19(25)21-15(12-17(23)28-20(2,3)4)16(22)13-27-18(24)14-9-7-6-8-10-14/h5-10,15-16,22H,1,11-13H2,2-4H3,(H,21,25). The second-order valence-corrected chi connectivity index (χ2v) is 6.96. The van der Waals surface area contributed by atoms with Crippen LogP contribution in [0.1, 0.15) is 37.6 Å². The van der Waals surface area contributed by atoms with E-state index in [1.165, 1.54) is 6.08 Å². The summed E-state index contributed by atoms with van der Waals surface area (Å²) < 4.78 is 15.1. The molecule has 1 aromatic carbocycles. The van der Waals surface area contributed by atoms with Crippen molar-refractivity contribution in [3.63, 3.8) is 0 Å². The number of esters is 2. The molecule has 28 heavy (non-hydrogen) atoms. The van der Waals surface area contributed by atoms with Gasteiger partial charge in [-0.3, -0.25) is 4.79 Å². The first-order valence-corrected chi connectivity index (χ1v) is 8.78. The van der Waals surface area contributed by atoms with Gasteiger partial charge in [0.05, 0.1) is 18.0 Å². The molecule has 2 N–H and O–H groups in total. The number of rotatable bonds is 9. The Morgan fingerprint density at radius 2 is 1.82 bits per heavy atom. The van der Waals surface area contributed by atoms with Gasteiger partial charge in [-0.25, -0.2) is 9.59 Å². The maximum absolute atomic E-state index is 12.1. The lowest BCUT2D eigenvalue weighted by Crippen LogP contribution is -2.47. The summed E-state index contributed by atoms with van der Waals surface area (Å²) in [4.78, 5) is 35.9. The SMILES string of the molecule is C=CCOC(=O)NC(CC(=O)OC(C)(C)C)C(O)COC(=O)c1ccccc1. The van der Waals surface area contributed by atoms with Gasteiger partial charge in [0.15, 0.2) is 0 Å². The molecule has 0 aliphatic heterocycles. The molecule has 8 heteroatoms. The number of ether oxygens (including phenoxy) is 3. The fourth-order valence-corrected chi connectivity index (χ4v) is 2.11.